The molecule has 3 N–H and O–H groups in total. The number of hydrogen-bond donors (Lipinski definition) is 2. The summed E-state index contributed by atoms with van der Waals surface area (Å²) in [4.78, 5) is 16.1. The first-order valence-electron chi connectivity index (χ1n) is 11.6. The minimum Gasteiger partial charge on any atom is -0.347 e. The van der Waals surface area contributed by atoms with Crippen molar-refractivity contribution < 1.29 is 13.2 Å². The van der Waals surface area contributed by atoms with Crippen LogP contribution in [0.5, 0.6) is 0 Å². The Kier molecular flexibility index (Phi) is 6.34. The van der Waals surface area contributed by atoms with Crippen LogP contribution in [0.1, 0.15) is 36.3 Å². The lowest BCUT2D eigenvalue weighted by atomic mass is 10.2. The third-order valence-corrected chi connectivity index (χ3v) is 7.35. The maximum atomic E-state index is 13.3. The number of nitrogens with two attached hydrogens (primary N) is 1. The summed E-state index contributed by atoms with van der Waals surface area (Å²) in [5, 5.41) is 11.6. The monoisotopic (exact) mass is 495 g/mol. The van der Waals surface area contributed by atoms with Crippen molar-refractivity contribution in [3.05, 3.63) is 22.6 Å². The quantitative estimate of drug-likeness (QED) is 0.516. The first kappa shape index (κ1) is 23.2. The Balaban J connectivity index is 1.48. The Hall–Kier alpha value is -2.51. The Morgan fingerprint density at radius 1 is 1.18 bits per heavy atom. The molecule has 2 aliphatic rings. The van der Waals surface area contributed by atoms with Crippen LogP contribution in [-0.4, -0.2) is 63.5 Å². The molecular weight excluding hydrogens is 467 g/mol. The highest BCUT2D eigenvalue weighted by Gasteiger charge is 2.40. The molecule has 3 aromatic heterocycles. The summed E-state index contributed by atoms with van der Waals surface area (Å²) >= 11 is 1.66. The second-order valence-corrected chi connectivity index (χ2v) is 9.83. The van der Waals surface area contributed by atoms with E-state index in [0.29, 0.717) is 30.9 Å². The van der Waals surface area contributed by atoms with Gasteiger partial charge in [-0.25, -0.2) is 4.98 Å². The number of alkyl halides is 3. The minimum absolute atomic E-state index is 0.152. The molecule has 9 nitrogen and oxygen atoms in total. The number of nitrogens with zero attached hydrogens (tertiary/aromatic N) is 7. The molecule has 0 amide bonds. The standard InChI is InChI=1S/C21H28F3N9S/c1-2-3-14-10-15-17(31-8-9-33-16(12-31)29-30-19(33)21(22,23)24)27-20(28-18(15)34-14)32-7-4-13(11-32)26-6-5-25/h10,13,26H,2-9,11-12,25H2,1H3. The number of halogens is 3. The van der Waals surface area contributed by atoms with Gasteiger partial charge in [-0.15, -0.1) is 21.5 Å². The topological polar surface area (TPSA) is 101 Å². The molecule has 0 bridgehead atoms. The average Bonchev–Trinajstić information content (AvgIpc) is 3.53. The average molecular weight is 496 g/mol. The molecule has 13 heteroatoms. The summed E-state index contributed by atoms with van der Waals surface area (Å²) in [6, 6.07) is 2.46. The van der Waals surface area contributed by atoms with E-state index in [1.807, 2.05) is 4.90 Å². The molecule has 1 atom stereocenters. The molecule has 1 saturated heterocycles. The van der Waals surface area contributed by atoms with Crippen molar-refractivity contribution in [1.82, 2.24) is 30.0 Å². The van der Waals surface area contributed by atoms with Gasteiger partial charge in [-0.2, -0.15) is 18.2 Å². The van der Waals surface area contributed by atoms with Crippen molar-refractivity contribution in [2.75, 3.05) is 42.5 Å². The maximum absolute atomic E-state index is 13.3. The fourth-order valence-corrected chi connectivity index (χ4v) is 5.76. The molecule has 3 aromatic rings. The van der Waals surface area contributed by atoms with E-state index >= 15 is 0 Å². The maximum Gasteiger partial charge on any atom is 0.451 e. The van der Waals surface area contributed by atoms with E-state index in [4.69, 9.17) is 15.7 Å². The molecular formula is C21H28F3N9S. The van der Waals surface area contributed by atoms with E-state index in [2.05, 4.69) is 33.4 Å². The van der Waals surface area contributed by atoms with Gasteiger partial charge in [0.25, 0.3) is 0 Å². The molecule has 0 spiro atoms. The van der Waals surface area contributed by atoms with E-state index in [0.717, 1.165) is 54.9 Å². The molecule has 0 radical (unpaired) electrons. The van der Waals surface area contributed by atoms with E-state index in [9.17, 15) is 13.2 Å². The largest absolute Gasteiger partial charge is 0.451 e. The highest BCUT2D eigenvalue weighted by Crippen LogP contribution is 2.36. The van der Waals surface area contributed by atoms with Crippen molar-refractivity contribution in [3.8, 4) is 0 Å². The predicted octanol–water partition coefficient (Wildman–Crippen LogP) is 2.40. The number of fused-ring (bicyclic) bond motifs is 2. The fraction of sp³-hybridized carbons (Fsp3) is 0.619. The number of anilines is 2. The van der Waals surface area contributed by atoms with E-state index in [1.54, 1.807) is 11.3 Å². The Labute approximate surface area is 199 Å². The molecule has 1 unspecified atom stereocenters. The number of aromatic nitrogens is 5. The van der Waals surface area contributed by atoms with Gasteiger partial charge in [0, 0.05) is 50.2 Å². The van der Waals surface area contributed by atoms with Gasteiger partial charge in [0.05, 0.1) is 11.9 Å². The van der Waals surface area contributed by atoms with Gasteiger partial charge < -0.3 is 25.4 Å². The third-order valence-electron chi connectivity index (χ3n) is 6.26. The van der Waals surface area contributed by atoms with Crippen LogP contribution < -0.4 is 20.9 Å². The van der Waals surface area contributed by atoms with Crippen molar-refractivity contribution in [2.45, 2.75) is 51.5 Å². The lowest BCUT2D eigenvalue weighted by Gasteiger charge is -2.30. The number of aryl methyl sites for hydroxylation is 1. The molecule has 5 heterocycles. The zero-order valence-corrected chi connectivity index (χ0v) is 19.8. The summed E-state index contributed by atoms with van der Waals surface area (Å²) in [6.07, 6.45) is -1.56. The third kappa shape index (κ3) is 4.43. The highest BCUT2D eigenvalue weighted by molar-refractivity contribution is 7.18. The zero-order chi connectivity index (χ0) is 23.9. The zero-order valence-electron chi connectivity index (χ0n) is 19.0. The minimum atomic E-state index is -4.52. The van der Waals surface area contributed by atoms with Crippen LogP contribution in [0.15, 0.2) is 6.07 Å². The van der Waals surface area contributed by atoms with E-state index < -0.39 is 12.0 Å². The van der Waals surface area contributed by atoms with Crippen LogP contribution in [0.25, 0.3) is 10.2 Å². The molecule has 5 rings (SSSR count). The Morgan fingerprint density at radius 2 is 2.03 bits per heavy atom. The van der Waals surface area contributed by atoms with Gasteiger partial charge in [-0.05, 0) is 18.9 Å². The van der Waals surface area contributed by atoms with Crippen molar-refractivity contribution >= 4 is 33.3 Å². The van der Waals surface area contributed by atoms with Gasteiger partial charge in [0.1, 0.15) is 10.6 Å². The van der Waals surface area contributed by atoms with E-state index in [-0.39, 0.29) is 13.1 Å². The molecule has 184 valence electrons. The molecule has 0 saturated carbocycles. The summed E-state index contributed by atoms with van der Waals surface area (Å²) in [6.45, 7) is 5.88. The van der Waals surface area contributed by atoms with Crippen LogP contribution >= 0.6 is 11.3 Å². The number of nitrogens with one attached hydrogen (secondary N) is 1. The van der Waals surface area contributed by atoms with Gasteiger partial charge >= 0.3 is 6.18 Å². The Bertz CT molecular complexity index is 1160. The first-order chi connectivity index (χ1) is 16.4. The van der Waals surface area contributed by atoms with Crippen LogP contribution in [0, 0.1) is 0 Å². The number of rotatable bonds is 7. The van der Waals surface area contributed by atoms with Crippen LogP contribution in [0.2, 0.25) is 0 Å². The predicted molar refractivity (Wildman–Crippen MR) is 125 cm³/mol. The van der Waals surface area contributed by atoms with Crippen molar-refractivity contribution in [2.24, 2.45) is 5.73 Å². The summed E-state index contributed by atoms with van der Waals surface area (Å²) in [5.41, 5.74) is 5.62. The number of hydrogen-bond acceptors (Lipinski definition) is 9. The van der Waals surface area contributed by atoms with E-state index in [1.165, 1.54) is 9.44 Å². The van der Waals surface area contributed by atoms with Gasteiger partial charge in [0.15, 0.2) is 5.82 Å². The molecule has 1 fully saturated rings. The van der Waals surface area contributed by atoms with Crippen molar-refractivity contribution in [3.63, 3.8) is 0 Å². The normalized spacial score (nSPS) is 18.8. The SMILES string of the molecule is CCCc1cc2c(N3CCn4c(nnc4C(F)(F)F)C3)nc(N3CCC(NCCN)C3)nc2s1. The molecule has 0 aliphatic carbocycles. The smallest absolute Gasteiger partial charge is 0.347 e. The summed E-state index contributed by atoms with van der Waals surface area (Å²) < 4.78 is 41.0. The highest BCUT2D eigenvalue weighted by atomic mass is 32.1. The van der Waals surface area contributed by atoms with Gasteiger partial charge in [-0.3, -0.25) is 0 Å². The van der Waals surface area contributed by atoms with Crippen LogP contribution in [0.4, 0.5) is 24.9 Å². The molecule has 34 heavy (non-hydrogen) atoms. The second kappa shape index (κ2) is 9.27. The Morgan fingerprint density at radius 3 is 2.79 bits per heavy atom. The van der Waals surface area contributed by atoms with Gasteiger partial charge in [0.2, 0.25) is 11.8 Å². The fourth-order valence-electron chi connectivity index (χ4n) is 4.64. The second-order valence-electron chi connectivity index (χ2n) is 8.71. The van der Waals surface area contributed by atoms with Gasteiger partial charge in [-0.1, -0.05) is 13.3 Å². The first-order valence-corrected chi connectivity index (χ1v) is 12.4. The molecule has 2 aliphatic heterocycles. The number of thiophene rings is 1. The lowest BCUT2D eigenvalue weighted by Crippen LogP contribution is -2.37. The summed E-state index contributed by atoms with van der Waals surface area (Å²) in [7, 11) is 0. The van der Waals surface area contributed by atoms with Crippen LogP contribution in [-0.2, 0) is 25.7 Å². The lowest BCUT2D eigenvalue weighted by molar-refractivity contribution is -0.147. The van der Waals surface area contributed by atoms with Crippen LogP contribution in [0.3, 0.4) is 0 Å². The summed E-state index contributed by atoms with van der Waals surface area (Å²) in [5.74, 6) is 0.764. The molecule has 0 aromatic carbocycles. The van der Waals surface area contributed by atoms with Crippen molar-refractivity contribution in [1.29, 1.82) is 0 Å².